The number of aromatic nitrogens is 2. The quantitative estimate of drug-likeness (QED) is 0.296. The molecule has 5 rings (SSSR count). The van der Waals surface area contributed by atoms with E-state index in [1.807, 2.05) is 54.6 Å². The van der Waals surface area contributed by atoms with Crippen LogP contribution in [0.2, 0.25) is 0 Å². The zero-order valence-electron chi connectivity index (χ0n) is 20.5. The van der Waals surface area contributed by atoms with Gasteiger partial charge in [0.05, 0.1) is 0 Å². The van der Waals surface area contributed by atoms with E-state index in [9.17, 15) is 4.79 Å². The van der Waals surface area contributed by atoms with Crippen molar-refractivity contribution in [2.75, 3.05) is 0 Å². The van der Waals surface area contributed by atoms with Crippen LogP contribution < -0.4 is 10.4 Å². The number of fused-ring (bicyclic) bond motifs is 1. The molecule has 0 aliphatic heterocycles. The summed E-state index contributed by atoms with van der Waals surface area (Å²) < 4.78 is 7.34. The van der Waals surface area contributed by atoms with Crippen LogP contribution in [0.3, 0.4) is 0 Å². The van der Waals surface area contributed by atoms with Crippen molar-refractivity contribution in [1.29, 1.82) is 0 Å². The molecule has 1 heterocycles. The van der Waals surface area contributed by atoms with Crippen molar-refractivity contribution in [3.63, 3.8) is 0 Å². The Kier molecular flexibility index (Phi) is 5.60. The van der Waals surface area contributed by atoms with Crippen LogP contribution in [0, 0.1) is 0 Å². The summed E-state index contributed by atoms with van der Waals surface area (Å²) >= 11 is 0. The van der Waals surface area contributed by atoms with Crippen LogP contribution in [0.15, 0.2) is 112 Å². The lowest BCUT2D eigenvalue weighted by Crippen LogP contribution is -2.50. The molecule has 174 valence electrons. The SMILES string of the molecule is CC(C)(c1ccccc1)c1cc(C(C)(C)c2ccccc2)c2oc(=O)[n+](-c3ccccc3)nc2c1. The molecule has 0 amide bonds. The Morgan fingerprint density at radius 2 is 1.17 bits per heavy atom. The second-order valence-corrected chi connectivity index (χ2v) is 9.97. The first kappa shape index (κ1) is 22.7. The summed E-state index contributed by atoms with van der Waals surface area (Å²) in [6, 6.07) is 34.4. The van der Waals surface area contributed by atoms with Gasteiger partial charge in [0.1, 0.15) is 0 Å². The average molecular weight is 462 g/mol. The van der Waals surface area contributed by atoms with Crippen LogP contribution in [-0.2, 0) is 10.8 Å². The Labute approximate surface area is 205 Å². The monoisotopic (exact) mass is 461 g/mol. The highest BCUT2D eigenvalue weighted by Gasteiger charge is 2.33. The highest BCUT2D eigenvalue weighted by atomic mass is 16.4. The first-order valence-corrected chi connectivity index (χ1v) is 11.9. The highest BCUT2D eigenvalue weighted by molar-refractivity contribution is 5.79. The van der Waals surface area contributed by atoms with Gasteiger partial charge >= 0.3 is 5.76 Å². The largest absolute Gasteiger partial charge is 0.634 e. The summed E-state index contributed by atoms with van der Waals surface area (Å²) in [6.07, 6.45) is 0. The highest BCUT2D eigenvalue weighted by Crippen LogP contribution is 2.40. The van der Waals surface area contributed by atoms with E-state index in [-0.39, 0.29) is 5.41 Å². The molecular formula is C31H29N2O2+. The Balaban J connectivity index is 1.82. The van der Waals surface area contributed by atoms with Crippen LogP contribution >= 0.6 is 0 Å². The van der Waals surface area contributed by atoms with E-state index in [1.165, 1.54) is 10.2 Å². The number of nitrogens with zero attached hydrogens (tertiary/aromatic N) is 2. The fourth-order valence-electron chi connectivity index (χ4n) is 4.66. The Morgan fingerprint density at radius 3 is 1.74 bits per heavy atom. The zero-order valence-corrected chi connectivity index (χ0v) is 20.5. The minimum Gasteiger partial charge on any atom is -0.367 e. The first-order chi connectivity index (χ1) is 16.8. The maximum atomic E-state index is 13.1. The smallest absolute Gasteiger partial charge is 0.367 e. The molecule has 0 saturated carbocycles. The summed E-state index contributed by atoms with van der Waals surface area (Å²) in [5.74, 6) is -0.510. The summed E-state index contributed by atoms with van der Waals surface area (Å²) in [4.78, 5) is 13.1. The molecule has 0 aliphatic carbocycles. The fraction of sp³-hybridized carbons (Fsp3) is 0.194. The molecule has 0 bridgehead atoms. The lowest BCUT2D eigenvalue weighted by molar-refractivity contribution is -0.683. The first-order valence-electron chi connectivity index (χ1n) is 11.9. The molecule has 0 spiro atoms. The summed E-state index contributed by atoms with van der Waals surface area (Å²) in [6.45, 7) is 8.75. The van der Waals surface area contributed by atoms with Gasteiger partial charge in [0.15, 0.2) is 11.1 Å². The molecule has 0 aliphatic rings. The molecule has 4 nitrogen and oxygen atoms in total. The van der Waals surface area contributed by atoms with Crippen LogP contribution in [0.25, 0.3) is 16.8 Å². The number of rotatable bonds is 5. The van der Waals surface area contributed by atoms with Crippen molar-refractivity contribution < 1.29 is 9.10 Å². The van der Waals surface area contributed by atoms with E-state index in [4.69, 9.17) is 9.52 Å². The van der Waals surface area contributed by atoms with E-state index in [1.54, 1.807) is 0 Å². The van der Waals surface area contributed by atoms with Crippen molar-refractivity contribution in [3.8, 4) is 5.69 Å². The molecule has 0 unspecified atom stereocenters. The van der Waals surface area contributed by atoms with Gasteiger partial charge in [0, 0.05) is 38.3 Å². The summed E-state index contributed by atoms with van der Waals surface area (Å²) in [7, 11) is 0. The average Bonchev–Trinajstić information content (AvgIpc) is 2.89. The van der Waals surface area contributed by atoms with E-state index >= 15 is 0 Å². The third-order valence-electron chi connectivity index (χ3n) is 7.03. The zero-order chi connectivity index (χ0) is 24.6. The van der Waals surface area contributed by atoms with E-state index in [0.717, 1.165) is 16.7 Å². The second kappa shape index (κ2) is 8.62. The van der Waals surface area contributed by atoms with Gasteiger partial charge in [-0.25, -0.2) is 0 Å². The lowest BCUT2D eigenvalue weighted by atomic mass is 9.73. The standard InChI is InChI=1S/C31H29N2O2/c1-30(2,22-14-8-5-9-15-22)24-20-26(31(3,4)23-16-10-6-11-17-23)28-27(21-24)32-33(29(34)35-28)25-18-12-7-13-19-25/h5-21H,1-4H3/q+1. The molecular weight excluding hydrogens is 432 g/mol. The molecule has 0 N–H and O–H groups in total. The van der Waals surface area contributed by atoms with Gasteiger partial charge in [-0.1, -0.05) is 113 Å². The number of benzene rings is 4. The topological polar surface area (TPSA) is 47.0 Å². The Hall–Kier alpha value is -4.05. The van der Waals surface area contributed by atoms with Crippen LogP contribution in [0.1, 0.15) is 49.9 Å². The number of hydrogen-bond donors (Lipinski definition) is 0. The van der Waals surface area contributed by atoms with Gasteiger partial charge in [0.2, 0.25) is 5.69 Å². The minimum atomic E-state index is -0.510. The number of hydrogen-bond acceptors (Lipinski definition) is 3. The normalized spacial score (nSPS) is 12.1. The van der Waals surface area contributed by atoms with Crippen molar-refractivity contribution in [2.24, 2.45) is 0 Å². The van der Waals surface area contributed by atoms with Crippen molar-refractivity contribution in [1.82, 2.24) is 5.10 Å². The summed E-state index contributed by atoms with van der Waals surface area (Å²) in [5, 5.41) is 4.79. The molecule has 0 radical (unpaired) electrons. The van der Waals surface area contributed by atoms with E-state index in [2.05, 4.69) is 76.2 Å². The van der Waals surface area contributed by atoms with Gasteiger partial charge in [0.25, 0.3) is 0 Å². The molecule has 0 fully saturated rings. The molecule has 4 heteroatoms. The van der Waals surface area contributed by atoms with Crippen LogP contribution in [0.4, 0.5) is 0 Å². The second-order valence-electron chi connectivity index (χ2n) is 9.97. The molecule has 35 heavy (non-hydrogen) atoms. The van der Waals surface area contributed by atoms with E-state index < -0.39 is 11.2 Å². The molecule has 5 aromatic rings. The summed E-state index contributed by atoms with van der Waals surface area (Å²) in [5.41, 5.74) is 5.51. The van der Waals surface area contributed by atoms with Crippen LogP contribution in [-0.4, -0.2) is 5.10 Å². The van der Waals surface area contributed by atoms with Crippen molar-refractivity contribution >= 4 is 11.1 Å². The van der Waals surface area contributed by atoms with Gasteiger partial charge in [-0.05, 0) is 22.8 Å². The molecule has 4 aromatic carbocycles. The minimum absolute atomic E-state index is 0.285. The van der Waals surface area contributed by atoms with Crippen LogP contribution in [0.5, 0.6) is 0 Å². The lowest BCUT2D eigenvalue weighted by Gasteiger charge is -2.31. The van der Waals surface area contributed by atoms with Gasteiger partial charge in [-0.2, -0.15) is 4.79 Å². The maximum absolute atomic E-state index is 13.1. The number of para-hydroxylation sites is 1. The fourth-order valence-corrected chi connectivity index (χ4v) is 4.66. The van der Waals surface area contributed by atoms with Crippen molar-refractivity contribution in [3.05, 3.63) is 136 Å². The molecule has 0 atom stereocenters. The molecule has 0 saturated heterocycles. The third kappa shape index (κ3) is 4.06. The van der Waals surface area contributed by atoms with Gasteiger partial charge in [-0.15, -0.1) is 0 Å². The van der Waals surface area contributed by atoms with Crippen molar-refractivity contribution in [2.45, 2.75) is 38.5 Å². The third-order valence-corrected chi connectivity index (χ3v) is 7.03. The van der Waals surface area contributed by atoms with E-state index in [0.29, 0.717) is 16.8 Å². The maximum Gasteiger partial charge on any atom is 0.634 e. The predicted octanol–water partition coefficient (Wildman–Crippen LogP) is 6.12. The molecule has 1 aromatic heterocycles. The Morgan fingerprint density at radius 1 is 0.657 bits per heavy atom. The Bertz CT molecular complexity index is 1540. The predicted molar refractivity (Wildman–Crippen MR) is 139 cm³/mol. The van der Waals surface area contributed by atoms with Gasteiger partial charge < -0.3 is 4.42 Å². The van der Waals surface area contributed by atoms with Gasteiger partial charge in [-0.3, -0.25) is 0 Å².